The molecule has 0 aliphatic heterocycles. The van der Waals surface area contributed by atoms with E-state index in [2.05, 4.69) is 22.2 Å². The fraction of sp³-hybridized carbons (Fsp3) is 0.136. The Kier molecular flexibility index (Phi) is 6.01. The Morgan fingerprint density at radius 3 is 2.54 bits per heavy atom. The number of hydrogen-bond acceptors (Lipinski definition) is 3. The summed E-state index contributed by atoms with van der Waals surface area (Å²) in [5.41, 5.74) is 2.46. The molecule has 2 N–H and O–H groups in total. The van der Waals surface area contributed by atoms with Gasteiger partial charge < -0.3 is 15.2 Å². The third kappa shape index (κ3) is 4.54. The predicted octanol–water partition coefficient (Wildman–Crippen LogP) is 3.41. The zero-order valence-electron chi connectivity index (χ0n) is 15.7. The number of nitrogens with zero attached hydrogens (tertiary/aromatic N) is 2. The normalized spacial score (nSPS) is 10.3. The largest absolute Gasteiger partial charge is 0.349 e. The summed E-state index contributed by atoms with van der Waals surface area (Å²) < 4.78 is 2.03. The van der Waals surface area contributed by atoms with Crippen molar-refractivity contribution in [3.8, 4) is 0 Å². The molecule has 0 aliphatic carbocycles. The van der Waals surface area contributed by atoms with Gasteiger partial charge in [-0.15, -0.1) is 6.58 Å². The van der Waals surface area contributed by atoms with Crippen LogP contribution >= 0.6 is 0 Å². The second-order valence-corrected chi connectivity index (χ2v) is 6.30. The first-order valence-corrected chi connectivity index (χ1v) is 8.94. The zero-order valence-corrected chi connectivity index (χ0v) is 15.7. The van der Waals surface area contributed by atoms with Gasteiger partial charge >= 0.3 is 0 Å². The minimum absolute atomic E-state index is 0.262. The number of rotatable bonds is 7. The van der Waals surface area contributed by atoms with Gasteiger partial charge in [-0.2, -0.15) is 0 Å². The molecule has 0 bridgehead atoms. The van der Waals surface area contributed by atoms with Crippen molar-refractivity contribution in [2.45, 2.75) is 13.5 Å². The first-order chi connectivity index (χ1) is 13.6. The Hall–Kier alpha value is -3.67. The quantitative estimate of drug-likeness (QED) is 0.622. The summed E-state index contributed by atoms with van der Waals surface area (Å²) in [6, 6.07) is 14.3. The highest BCUT2D eigenvalue weighted by Gasteiger charge is 2.13. The summed E-state index contributed by atoms with van der Waals surface area (Å²) >= 11 is 0. The van der Waals surface area contributed by atoms with Crippen molar-refractivity contribution in [2.24, 2.45) is 0 Å². The van der Waals surface area contributed by atoms with Crippen LogP contribution < -0.4 is 10.6 Å². The van der Waals surface area contributed by atoms with Crippen LogP contribution in [0.2, 0.25) is 0 Å². The van der Waals surface area contributed by atoms with E-state index in [1.54, 1.807) is 48.7 Å². The van der Waals surface area contributed by atoms with E-state index in [0.29, 0.717) is 29.9 Å². The molecule has 1 heterocycles. The number of benzene rings is 2. The third-order valence-electron chi connectivity index (χ3n) is 4.32. The summed E-state index contributed by atoms with van der Waals surface area (Å²) in [6.45, 7) is 6.59. The van der Waals surface area contributed by atoms with Gasteiger partial charge in [0, 0.05) is 31.0 Å². The van der Waals surface area contributed by atoms with Crippen molar-refractivity contribution in [3.63, 3.8) is 0 Å². The highest BCUT2D eigenvalue weighted by molar-refractivity contribution is 6.09. The first-order valence-electron chi connectivity index (χ1n) is 8.94. The highest BCUT2D eigenvalue weighted by atomic mass is 16.2. The number of imidazole rings is 1. The molecule has 0 aliphatic rings. The SMILES string of the molecule is C=CCNC(=O)c1ccccc1NC(=O)c1ccc(Cn2ccnc2C)cc1. The van der Waals surface area contributed by atoms with Gasteiger partial charge in [-0.3, -0.25) is 9.59 Å². The Labute approximate surface area is 163 Å². The number of anilines is 1. The van der Waals surface area contributed by atoms with Gasteiger partial charge in [-0.05, 0) is 36.8 Å². The van der Waals surface area contributed by atoms with E-state index in [9.17, 15) is 9.59 Å². The van der Waals surface area contributed by atoms with Crippen LogP contribution in [0.25, 0.3) is 0 Å². The standard InChI is InChI=1S/C22H22N4O2/c1-3-12-24-22(28)19-6-4-5-7-20(19)25-21(27)18-10-8-17(9-11-18)15-26-14-13-23-16(26)2/h3-11,13-14H,1,12,15H2,2H3,(H,24,28)(H,25,27). The summed E-state index contributed by atoms with van der Waals surface area (Å²) in [4.78, 5) is 29.1. The Bertz CT molecular complexity index is 990. The topological polar surface area (TPSA) is 76.0 Å². The lowest BCUT2D eigenvalue weighted by atomic mass is 10.1. The van der Waals surface area contributed by atoms with E-state index in [-0.39, 0.29) is 11.8 Å². The molecule has 0 radical (unpaired) electrons. The van der Waals surface area contributed by atoms with Crippen molar-refractivity contribution >= 4 is 17.5 Å². The first kappa shape index (κ1) is 19.1. The maximum Gasteiger partial charge on any atom is 0.255 e. The lowest BCUT2D eigenvalue weighted by Gasteiger charge is -2.11. The van der Waals surface area contributed by atoms with Crippen molar-refractivity contribution in [1.29, 1.82) is 0 Å². The average Bonchev–Trinajstić information content (AvgIpc) is 3.11. The summed E-state index contributed by atoms with van der Waals surface area (Å²) in [6.07, 6.45) is 5.29. The van der Waals surface area contributed by atoms with E-state index >= 15 is 0 Å². The van der Waals surface area contributed by atoms with Crippen LogP contribution in [0.3, 0.4) is 0 Å². The van der Waals surface area contributed by atoms with Crippen molar-refractivity contribution in [2.75, 3.05) is 11.9 Å². The predicted molar refractivity (Wildman–Crippen MR) is 109 cm³/mol. The molecule has 0 unspecified atom stereocenters. The van der Waals surface area contributed by atoms with Gasteiger partial charge in [-0.25, -0.2) is 4.98 Å². The number of nitrogens with one attached hydrogen (secondary N) is 2. The number of carbonyl (C=O) groups is 2. The Morgan fingerprint density at radius 1 is 1.11 bits per heavy atom. The van der Waals surface area contributed by atoms with Crippen molar-refractivity contribution in [3.05, 3.63) is 96.1 Å². The lowest BCUT2D eigenvalue weighted by molar-refractivity contribution is 0.0959. The number of aromatic nitrogens is 2. The second kappa shape index (κ2) is 8.81. The van der Waals surface area contributed by atoms with E-state index in [1.807, 2.05) is 29.8 Å². The third-order valence-corrected chi connectivity index (χ3v) is 4.32. The fourth-order valence-electron chi connectivity index (χ4n) is 2.77. The van der Waals surface area contributed by atoms with E-state index in [4.69, 9.17) is 0 Å². The molecular weight excluding hydrogens is 352 g/mol. The molecule has 0 spiro atoms. The van der Waals surface area contributed by atoms with Crippen LogP contribution in [-0.2, 0) is 6.54 Å². The molecular formula is C22H22N4O2. The molecule has 2 amide bonds. The molecule has 0 saturated carbocycles. The van der Waals surface area contributed by atoms with Crippen LogP contribution in [0.5, 0.6) is 0 Å². The van der Waals surface area contributed by atoms with Crippen LogP contribution in [0.4, 0.5) is 5.69 Å². The van der Waals surface area contributed by atoms with E-state index in [0.717, 1.165) is 11.4 Å². The number of amides is 2. The van der Waals surface area contributed by atoms with E-state index < -0.39 is 0 Å². The molecule has 6 nitrogen and oxygen atoms in total. The van der Waals surface area contributed by atoms with Gasteiger partial charge in [-0.1, -0.05) is 30.3 Å². The van der Waals surface area contributed by atoms with Crippen molar-refractivity contribution in [1.82, 2.24) is 14.9 Å². The molecule has 0 saturated heterocycles. The van der Waals surface area contributed by atoms with Gasteiger partial charge in [0.25, 0.3) is 11.8 Å². The van der Waals surface area contributed by atoms with Gasteiger partial charge in [0.2, 0.25) is 0 Å². The molecule has 1 aromatic heterocycles. The lowest BCUT2D eigenvalue weighted by Crippen LogP contribution is -2.25. The maximum absolute atomic E-state index is 12.6. The zero-order chi connectivity index (χ0) is 19.9. The molecule has 0 fully saturated rings. The fourth-order valence-corrected chi connectivity index (χ4v) is 2.77. The Morgan fingerprint density at radius 2 is 1.86 bits per heavy atom. The smallest absolute Gasteiger partial charge is 0.255 e. The van der Waals surface area contributed by atoms with Crippen LogP contribution in [0.1, 0.15) is 32.1 Å². The number of para-hydroxylation sites is 1. The highest BCUT2D eigenvalue weighted by Crippen LogP contribution is 2.17. The molecule has 28 heavy (non-hydrogen) atoms. The molecule has 0 atom stereocenters. The van der Waals surface area contributed by atoms with Gasteiger partial charge in [0.1, 0.15) is 5.82 Å². The minimum Gasteiger partial charge on any atom is -0.349 e. The molecule has 3 aromatic rings. The molecule has 2 aromatic carbocycles. The monoisotopic (exact) mass is 374 g/mol. The van der Waals surface area contributed by atoms with Crippen LogP contribution in [0, 0.1) is 6.92 Å². The van der Waals surface area contributed by atoms with Crippen molar-refractivity contribution < 1.29 is 9.59 Å². The number of carbonyl (C=O) groups excluding carboxylic acids is 2. The van der Waals surface area contributed by atoms with Gasteiger partial charge in [0.15, 0.2) is 0 Å². The molecule has 3 rings (SSSR count). The van der Waals surface area contributed by atoms with Gasteiger partial charge in [0.05, 0.1) is 11.3 Å². The maximum atomic E-state index is 12.6. The van der Waals surface area contributed by atoms with Crippen LogP contribution in [0.15, 0.2) is 73.6 Å². The van der Waals surface area contributed by atoms with E-state index in [1.165, 1.54) is 0 Å². The second-order valence-electron chi connectivity index (χ2n) is 6.30. The average molecular weight is 374 g/mol. The summed E-state index contributed by atoms with van der Waals surface area (Å²) in [5.74, 6) is 0.407. The summed E-state index contributed by atoms with van der Waals surface area (Å²) in [7, 11) is 0. The Balaban J connectivity index is 1.71. The minimum atomic E-state index is -0.269. The summed E-state index contributed by atoms with van der Waals surface area (Å²) in [5, 5.41) is 5.54. The van der Waals surface area contributed by atoms with Crippen LogP contribution in [-0.4, -0.2) is 27.9 Å². The number of hydrogen-bond donors (Lipinski definition) is 2. The molecule has 142 valence electrons. The molecule has 6 heteroatoms. The number of aryl methyl sites for hydroxylation is 1.